The first kappa shape index (κ1) is 15.2. The van der Waals surface area contributed by atoms with E-state index >= 15 is 0 Å². The molecule has 1 radical (unpaired) electrons. The fraction of sp³-hybridized carbons (Fsp3) is 0. The molecule has 0 bridgehead atoms. The van der Waals surface area contributed by atoms with E-state index in [0.717, 1.165) is 11.1 Å². The third kappa shape index (κ3) is 3.83. The Balaban J connectivity index is 0.00000180. The summed E-state index contributed by atoms with van der Waals surface area (Å²) in [6.45, 7) is 0. The quantitative estimate of drug-likeness (QED) is 0.301. The smallest absolute Gasteiger partial charge is 0.127 e. The van der Waals surface area contributed by atoms with Gasteiger partial charge in [0.05, 0.1) is 5.56 Å². The summed E-state index contributed by atoms with van der Waals surface area (Å²) < 4.78 is 0. The van der Waals surface area contributed by atoms with Crippen LogP contribution >= 0.6 is 0 Å². The Labute approximate surface area is 127 Å². The molecular formula is C15H14AuN2O. The van der Waals surface area contributed by atoms with Gasteiger partial charge in [-0.05, 0) is 17.2 Å². The van der Waals surface area contributed by atoms with Crippen LogP contribution in [0.3, 0.4) is 0 Å². The first-order valence-corrected chi connectivity index (χ1v) is 5.58. The van der Waals surface area contributed by atoms with Crippen LogP contribution in [0.25, 0.3) is 12.2 Å². The van der Waals surface area contributed by atoms with E-state index in [1.165, 1.54) is 6.07 Å². The molecule has 3 nitrogen and oxygen atoms in total. The maximum absolute atomic E-state index is 9.70. The molecule has 0 fully saturated rings. The van der Waals surface area contributed by atoms with Crippen molar-refractivity contribution in [3.05, 3.63) is 65.2 Å². The van der Waals surface area contributed by atoms with Gasteiger partial charge in [0.2, 0.25) is 0 Å². The van der Waals surface area contributed by atoms with Crippen molar-refractivity contribution in [2.24, 2.45) is 5.73 Å². The van der Waals surface area contributed by atoms with E-state index in [-0.39, 0.29) is 34.0 Å². The number of hydrogen-bond acceptors (Lipinski definition) is 2. The molecule has 0 aliphatic rings. The minimum Gasteiger partial charge on any atom is -0.507 e. The molecule has 0 aliphatic heterocycles. The maximum atomic E-state index is 9.70. The van der Waals surface area contributed by atoms with Gasteiger partial charge in [0.15, 0.2) is 0 Å². The molecule has 0 atom stereocenters. The predicted molar refractivity (Wildman–Crippen MR) is 74.5 cm³/mol. The number of aromatic hydroxyl groups is 1. The van der Waals surface area contributed by atoms with Crippen molar-refractivity contribution in [3.63, 3.8) is 0 Å². The average molecular weight is 435 g/mol. The summed E-state index contributed by atoms with van der Waals surface area (Å²) >= 11 is 0. The molecule has 0 heterocycles. The van der Waals surface area contributed by atoms with Gasteiger partial charge < -0.3 is 10.8 Å². The minimum atomic E-state index is -0.138. The summed E-state index contributed by atoms with van der Waals surface area (Å²) in [4.78, 5) is 0. The second kappa shape index (κ2) is 6.95. The van der Waals surface area contributed by atoms with E-state index in [2.05, 4.69) is 0 Å². The van der Waals surface area contributed by atoms with Gasteiger partial charge in [-0.3, -0.25) is 5.41 Å². The summed E-state index contributed by atoms with van der Waals surface area (Å²) in [6, 6.07) is 14.9. The van der Waals surface area contributed by atoms with Crippen molar-refractivity contribution in [3.8, 4) is 5.75 Å². The molecule has 101 valence electrons. The molecule has 0 aromatic heterocycles. The number of nitrogens with one attached hydrogen (secondary N) is 1. The Bertz CT molecular complexity index is 594. The molecule has 4 heteroatoms. The normalized spacial score (nSPS) is 10.1. The van der Waals surface area contributed by atoms with Gasteiger partial charge in [-0.15, -0.1) is 0 Å². The standard InChI is InChI=1S/C15H14N2O.Au/c16-15(17)14-12(7-4-8-13(14)18)10-9-11-5-2-1-3-6-11;/h1-10,18H,(H3,16,17);. The van der Waals surface area contributed by atoms with Crippen LogP contribution < -0.4 is 5.73 Å². The molecule has 0 amide bonds. The van der Waals surface area contributed by atoms with Crippen molar-refractivity contribution in [1.82, 2.24) is 0 Å². The predicted octanol–water partition coefficient (Wildman–Crippen LogP) is 2.84. The van der Waals surface area contributed by atoms with E-state index in [4.69, 9.17) is 11.1 Å². The number of benzene rings is 2. The molecular weight excluding hydrogens is 421 g/mol. The zero-order chi connectivity index (χ0) is 13.0. The number of rotatable bonds is 3. The number of amidine groups is 1. The fourth-order valence-corrected chi connectivity index (χ4v) is 1.74. The molecule has 0 saturated heterocycles. The second-order valence-electron chi connectivity index (χ2n) is 3.90. The Hall–Kier alpha value is -1.81. The van der Waals surface area contributed by atoms with Crippen LogP contribution in [0.2, 0.25) is 0 Å². The Kier molecular flexibility index (Phi) is 5.57. The van der Waals surface area contributed by atoms with Crippen LogP contribution in [0.1, 0.15) is 16.7 Å². The molecule has 2 aromatic rings. The number of hydrogen-bond donors (Lipinski definition) is 3. The van der Waals surface area contributed by atoms with Crippen LogP contribution in [0.5, 0.6) is 5.75 Å². The molecule has 19 heavy (non-hydrogen) atoms. The first-order valence-electron chi connectivity index (χ1n) is 5.58. The number of nitrogen functional groups attached to an aromatic ring is 1. The third-order valence-corrected chi connectivity index (χ3v) is 2.60. The summed E-state index contributed by atoms with van der Waals surface area (Å²) in [5.74, 6) is -0.112. The fourth-order valence-electron chi connectivity index (χ4n) is 1.74. The van der Waals surface area contributed by atoms with Gasteiger partial charge in [0.1, 0.15) is 11.6 Å². The van der Waals surface area contributed by atoms with Crippen LogP contribution in [0.15, 0.2) is 48.5 Å². The zero-order valence-electron chi connectivity index (χ0n) is 10.1. The van der Waals surface area contributed by atoms with Gasteiger partial charge in [-0.2, -0.15) is 0 Å². The van der Waals surface area contributed by atoms with E-state index in [0.29, 0.717) is 5.56 Å². The Morgan fingerprint density at radius 3 is 2.32 bits per heavy atom. The van der Waals surface area contributed by atoms with Gasteiger partial charge in [-0.25, -0.2) is 0 Å². The largest absolute Gasteiger partial charge is 0.507 e. The molecule has 0 spiro atoms. The molecule has 2 aromatic carbocycles. The van der Waals surface area contributed by atoms with Crippen LogP contribution in [0.4, 0.5) is 0 Å². The maximum Gasteiger partial charge on any atom is 0.127 e. The Morgan fingerprint density at radius 1 is 1.00 bits per heavy atom. The van der Waals surface area contributed by atoms with Gasteiger partial charge in [-0.1, -0.05) is 54.6 Å². The van der Waals surface area contributed by atoms with Crippen molar-refractivity contribution in [2.45, 2.75) is 0 Å². The zero-order valence-corrected chi connectivity index (χ0v) is 12.3. The number of phenols is 1. The molecule has 0 saturated carbocycles. The number of phenolic OH excluding ortho intramolecular Hbond substituents is 1. The second-order valence-corrected chi connectivity index (χ2v) is 3.90. The summed E-state index contributed by atoms with van der Waals surface area (Å²) in [5, 5.41) is 17.2. The number of nitrogens with two attached hydrogens (primary N) is 1. The van der Waals surface area contributed by atoms with E-state index in [9.17, 15) is 5.11 Å². The Morgan fingerprint density at radius 2 is 1.68 bits per heavy atom. The summed E-state index contributed by atoms with van der Waals surface area (Å²) in [6.07, 6.45) is 3.76. The average Bonchev–Trinajstić information content (AvgIpc) is 2.37. The van der Waals surface area contributed by atoms with Gasteiger partial charge in [0.25, 0.3) is 0 Å². The molecule has 0 unspecified atom stereocenters. The molecule has 4 N–H and O–H groups in total. The SMILES string of the molecule is N=C(N)c1c(O)cccc1C=Cc1ccccc1.[Au]. The van der Waals surface area contributed by atoms with E-state index < -0.39 is 0 Å². The molecule has 2 rings (SSSR count). The van der Waals surface area contributed by atoms with Crippen LogP contribution in [-0.4, -0.2) is 10.9 Å². The monoisotopic (exact) mass is 435 g/mol. The van der Waals surface area contributed by atoms with Crippen LogP contribution in [-0.2, 0) is 22.4 Å². The first-order chi connectivity index (χ1) is 8.68. The third-order valence-electron chi connectivity index (χ3n) is 2.60. The topological polar surface area (TPSA) is 70.1 Å². The van der Waals surface area contributed by atoms with Crippen molar-refractivity contribution in [1.29, 1.82) is 5.41 Å². The van der Waals surface area contributed by atoms with Crippen molar-refractivity contribution >= 4 is 18.0 Å². The van der Waals surface area contributed by atoms with E-state index in [1.54, 1.807) is 6.07 Å². The molecule has 0 aliphatic carbocycles. The summed E-state index contributed by atoms with van der Waals surface area (Å²) in [7, 11) is 0. The minimum absolute atomic E-state index is 0. The summed E-state index contributed by atoms with van der Waals surface area (Å²) in [5.41, 5.74) is 7.62. The van der Waals surface area contributed by atoms with Crippen molar-refractivity contribution < 1.29 is 27.5 Å². The van der Waals surface area contributed by atoms with E-state index in [1.807, 2.05) is 48.6 Å². The van der Waals surface area contributed by atoms with Crippen LogP contribution in [0, 0.1) is 5.41 Å². The van der Waals surface area contributed by atoms with Gasteiger partial charge in [0, 0.05) is 22.4 Å². The van der Waals surface area contributed by atoms with Crippen molar-refractivity contribution in [2.75, 3.05) is 0 Å². The van der Waals surface area contributed by atoms with Gasteiger partial charge >= 0.3 is 0 Å².